The van der Waals surface area contributed by atoms with Crippen LogP contribution < -0.4 is 10.9 Å². The zero-order valence-corrected chi connectivity index (χ0v) is 14.6. The first-order chi connectivity index (χ1) is 13.1. The van der Waals surface area contributed by atoms with Crippen LogP contribution in [0.15, 0.2) is 77.6 Å². The predicted octanol–water partition coefficient (Wildman–Crippen LogP) is 3.25. The molecule has 6 heteroatoms. The van der Waals surface area contributed by atoms with E-state index in [0.717, 1.165) is 16.5 Å². The lowest BCUT2D eigenvalue weighted by Gasteiger charge is -2.07. The van der Waals surface area contributed by atoms with Crippen molar-refractivity contribution < 1.29 is 4.79 Å². The third-order valence-corrected chi connectivity index (χ3v) is 4.23. The van der Waals surface area contributed by atoms with Crippen molar-refractivity contribution >= 4 is 22.5 Å². The number of nitrogens with one attached hydrogen (secondary N) is 1. The van der Waals surface area contributed by atoms with Crippen LogP contribution in [0, 0.1) is 0 Å². The van der Waals surface area contributed by atoms with Crippen molar-refractivity contribution in [2.45, 2.75) is 0 Å². The highest BCUT2D eigenvalue weighted by molar-refractivity contribution is 6.04. The van der Waals surface area contributed by atoms with Gasteiger partial charge in [0.25, 0.3) is 11.5 Å². The van der Waals surface area contributed by atoms with E-state index in [1.165, 1.54) is 10.7 Å². The minimum Gasteiger partial charge on any atom is -0.321 e. The van der Waals surface area contributed by atoms with Gasteiger partial charge in [0.1, 0.15) is 5.69 Å². The van der Waals surface area contributed by atoms with Crippen LogP contribution in [0.4, 0.5) is 5.69 Å². The molecule has 132 valence electrons. The van der Waals surface area contributed by atoms with Gasteiger partial charge in [-0.2, -0.15) is 5.10 Å². The summed E-state index contributed by atoms with van der Waals surface area (Å²) in [5.74, 6) is -0.270. The lowest BCUT2D eigenvalue weighted by Crippen LogP contribution is -2.18. The third-order valence-electron chi connectivity index (χ3n) is 4.23. The molecule has 0 unspecified atom stereocenters. The van der Waals surface area contributed by atoms with E-state index in [1.54, 1.807) is 31.3 Å². The van der Waals surface area contributed by atoms with Crippen LogP contribution in [0.5, 0.6) is 0 Å². The summed E-state index contributed by atoms with van der Waals surface area (Å²) in [5, 5.41) is 8.05. The quantitative estimate of drug-likeness (QED) is 0.611. The number of nitrogens with zero attached hydrogens (tertiary/aromatic N) is 3. The summed E-state index contributed by atoms with van der Waals surface area (Å²) in [6.07, 6.45) is 0. The number of para-hydroxylation sites is 1. The number of carbonyl (C=O) groups excluding carboxylic acids is 1. The van der Waals surface area contributed by atoms with Crippen LogP contribution in [0.1, 0.15) is 10.5 Å². The number of aryl methyl sites for hydroxylation is 1. The van der Waals surface area contributed by atoms with Gasteiger partial charge < -0.3 is 5.32 Å². The van der Waals surface area contributed by atoms with Crippen molar-refractivity contribution in [3.63, 3.8) is 0 Å². The van der Waals surface area contributed by atoms with E-state index >= 15 is 0 Å². The number of fused-ring (bicyclic) bond motifs is 1. The summed E-state index contributed by atoms with van der Waals surface area (Å²) in [6, 6.07) is 21.7. The molecule has 6 nitrogen and oxygen atoms in total. The van der Waals surface area contributed by atoms with Crippen molar-refractivity contribution in [1.29, 1.82) is 0 Å². The number of benzene rings is 2. The number of amides is 1. The SMILES string of the molecule is Cn1nc(-c2ccc(NC(=O)c3ccc4ccccc4n3)cc2)ccc1=O. The normalized spacial score (nSPS) is 10.7. The molecule has 0 aliphatic rings. The molecular formula is C21H16N4O2. The topological polar surface area (TPSA) is 76.9 Å². The van der Waals surface area contributed by atoms with Gasteiger partial charge in [0.15, 0.2) is 0 Å². The highest BCUT2D eigenvalue weighted by atomic mass is 16.2. The molecule has 1 N–H and O–H groups in total. The third kappa shape index (κ3) is 3.46. The molecule has 4 rings (SSSR count). The second-order valence-electron chi connectivity index (χ2n) is 6.10. The van der Waals surface area contributed by atoms with Gasteiger partial charge in [0, 0.05) is 29.8 Å². The zero-order valence-electron chi connectivity index (χ0n) is 14.6. The van der Waals surface area contributed by atoms with Crippen molar-refractivity contribution in [3.8, 4) is 11.3 Å². The minimum absolute atomic E-state index is 0.162. The van der Waals surface area contributed by atoms with Gasteiger partial charge in [-0.25, -0.2) is 9.67 Å². The number of pyridine rings is 1. The van der Waals surface area contributed by atoms with Gasteiger partial charge in [0.05, 0.1) is 11.2 Å². The molecule has 0 aliphatic heterocycles. The van der Waals surface area contributed by atoms with Crippen LogP contribution >= 0.6 is 0 Å². The van der Waals surface area contributed by atoms with Crippen molar-refractivity contribution in [2.75, 3.05) is 5.32 Å². The molecular weight excluding hydrogens is 340 g/mol. The van der Waals surface area contributed by atoms with E-state index in [9.17, 15) is 9.59 Å². The second kappa shape index (κ2) is 6.84. The Hall–Kier alpha value is -3.80. The molecule has 0 atom stereocenters. The first-order valence-corrected chi connectivity index (χ1v) is 8.42. The second-order valence-corrected chi connectivity index (χ2v) is 6.10. The molecule has 0 aliphatic carbocycles. The highest BCUT2D eigenvalue weighted by Gasteiger charge is 2.09. The number of anilines is 1. The summed E-state index contributed by atoms with van der Waals surface area (Å²) < 4.78 is 1.29. The van der Waals surface area contributed by atoms with Crippen LogP contribution in [-0.4, -0.2) is 20.7 Å². The molecule has 2 aromatic heterocycles. The minimum atomic E-state index is -0.270. The van der Waals surface area contributed by atoms with Gasteiger partial charge in [-0.15, -0.1) is 0 Å². The standard InChI is InChI=1S/C21H16N4O2/c1-25-20(26)13-12-18(24-25)15-6-9-16(10-7-15)22-21(27)19-11-8-14-4-2-3-5-17(14)23-19/h2-13H,1H3,(H,22,27). The lowest BCUT2D eigenvalue weighted by molar-refractivity contribution is 0.102. The fraction of sp³-hybridized carbons (Fsp3) is 0.0476. The highest BCUT2D eigenvalue weighted by Crippen LogP contribution is 2.19. The smallest absolute Gasteiger partial charge is 0.274 e. The molecule has 0 saturated heterocycles. The first-order valence-electron chi connectivity index (χ1n) is 8.42. The summed E-state index contributed by atoms with van der Waals surface area (Å²) in [5.41, 5.74) is 3.17. The van der Waals surface area contributed by atoms with Crippen molar-refractivity contribution in [1.82, 2.24) is 14.8 Å². The Kier molecular flexibility index (Phi) is 4.22. The average Bonchev–Trinajstić information content (AvgIpc) is 2.70. The Bertz CT molecular complexity index is 1200. The van der Waals surface area contributed by atoms with Crippen LogP contribution in [0.25, 0.3) is 22.2 Å². The van der Waals surface area contributed by atoms with Gasteiger partial charge in [-0.1, -0.05) is 36.4 Å². The Morgan fingerprint density at radius 1 is 0.926 bits per heavy atom. The van der Waals surface area contributed by atoms with Crippen LogP contribution in [0.3, 0.4) is 0 Å². The number of rotatable bonds is 3. The van der Waals surface area contributed by atoms with E-state index in [1.807, 2.05) is 42.5 Å². The Morgan fingerprint density at radius 2 is 1.70 bits per heavy atom. The summed E-state index contributed by atoms with van der Waals surface area (Å²) in [4.78, 5) is 28.3. The Labute approximate surface area is 155 Å². The maximum Gasteiger partial charge on any atom is 0.274 e. The Morgan fingerprint density at radius 3 is 2.48 bits per heavy atom. The largest absolute Gasteiger partial charge is 0.321 e. The maximum atomic E-state index is 12.5. The number of carbonyl (C=O) groups is 1. The molecule has 1 amide bonds. The van der Waals surface area contributed by atoms with Crippen LogP contribution in [0.2, 0.25) is 0 Å². The zero-order chi connectivity index (χ0) is 18.8. The van der Waals surface area contributed by atoms with Gasteiger partial charge in [0.2, 0.25) is 0 Å². The molecule has 0 fully saturated rings. The molecule has 0 radical (unpaired) electrons. The molecule has 0 saturated carbocycles. The molecule has 27 heavy (non-hydrogen) atoms. The van der Waals surface area contributed by atoms with Crippen molar-refractivity contribution in [2.24, 2.45) is 7.05 Å². The Balaban J connectivity index is 1.54. The number of hydrogen-bond donors (Lipinski definition) is 1. The number of aromatic nitrogens is 3. The summed E-state index contributed by atoms with van der Waals surface area (Å²) in [7, 11) is 1.61. The van der Waals surface area contributed by atoms with Gasteiger partial charge >= 0.3 is 0 Å². The van der Waals surface area contributed by atoms with Crippen molar-refractivity contribution in [3.05, 3.63) is 88.8 Å². The van der Waals surface area contributed by atoms with E-state index in [-0.39, 0.29) is 11.5 Å². The molecule has 4 aromatic rings. The van der Waals surface area contributed by atoms with E-state index in [4.69, 9.17) is 0 Å². The molecule has 0 bridgehead atoms. The van der Waals surface area contributed by atoms with Crippen LogP contribution in [-0.2, 0) is 7.05 Å². The molecule has 2 heterocycles. The van der Waals surface area contributed by atoms with E-state index in [0.29, 0.717) is 17.1 Å². The summed E-state index contributed by atoms with van der Waals surface area (Å²) >= 11 is 0. The molecule has 2 aromatic carbocycles. The van der Waals surface area contributed by atoms with Gasteiger partial charge in [-0.05, 0) is 30.3 Å². The fourth-order valence-electron chi connectivity index (χ4n) is 2.77. The van der Waals surface area contributed by atoms with Gasteiger partial charge in [-0.3, -0.25) is 9.59 Å². The first kappa shape index (κ1) is 16.7. The maximum absolute atomic E-state index is 12.5. The summed E-state index contributed by atoms with van der Waals surface area (Å²) in [6.45, 7) is 0. The fourth-order valence-corrected chi connectivity index (χ4v) is 2.77. The molecule has 0 spiro atoms. The number of hydrogen-bond acceptors (Lipinski definition) is 4. The predicted molar refractivity (Wildman–Crippen MR) is 105 cm³/mol. The van der Waals surface area contributed by atoms with E-state index in [2.05, 4.69) is 15.4 Å². The van der Waals surface area contributed by atoms with E-state index < -0.39 is 0 Å². The lowest BCUT2D eigenvalue weighted by atomic mass is 10.1. The average molecular weight is 356 g/mol. The monoisotopic (exact) mass is 356 g/mol.